The van der Waals surface area contributed by atoms with Crippen LogP contribution in [0.25, 0.3) is 11.1 Å². The Morgan fingerprint density at radius 3 is 2.62 bits per heavy atom. The third-order valence-corrected chi connectivity index (χ3v) is 5.99. The summed E-state index contributed by atoms with van der Waals surface area (Å²) < 4.78 is 5.24. The lowest BCUT2D eigenvalue weighted by Gasteiger charge is -2.36. The summed E-state index contributed by atoms with van der Waals surface area (Å²) in [4.78, 5) is 29.2. The second-order valence-electron chi connectivity index (χ2n) is 8.19. The zero-order valence-corrected chi connectivity index (χ0v) is 18.8. The van der Waals surface area contributed by atoms with Crippen molar-refractivity contribution in [3.05, 3.63) is 72.1 Å². The quantitative estimate of drug-likeness (QED) is 0.539. The van der Waals surface area contributed by atoms with Crippen LogP contribution in [-0.2, 0) is 17.6 Å². The second kappa shape index (κ2) is 10.4. The number of rotatable bonds is 7. The number of piperidine rings is 1. The number of aryl methyl sites for hydroxylation is 1. The molecular weight excluding hydrogens is 400 g/mol. The molecule has 32 heavy (non-hydrogen) atoms. The molecule has 0 spiro atoms. The Hall–Kier alpha value is -3.28. The fraction of sp³-hybridized carbons (Fsp3) is 0.385. The zero-order chi connectivity index (χ0) is 22.3. The molecule has 0 aliphatic carbocycles. The third kappa shape index (κ3) is 4.96. The molecule has 4 rings (SSSR count). The maximum absolute atomic E-state index is 13.4. The van der Waals surface area contributed by atoms with E-state index < -0.39 is 0 Å². The minimum absolute atomic E-state index is 0.0451. The van der Waals surface area contributed by atoms with Crippen molar-refractivity contribution in [2.75, 3.05) is 13.7 Å². The van der Waals surface area contributed by atoms with Gasteiger partial charge < -0.3 is 9.64 Å². The van der Waals surface area contributed by atoms with E-state index in [2.05, 4.69) is 16.9 Å². The van der Waals surface area contributed by atoms with Gasteiger partial charge in [-0.3, -0.25) is 9.78 Å². The minimum Gasteiger partial charge on any atom is -0.497 e. The smallest absolute Gasteiger partial charge is 0.227 e. The van der Waals surface area contributed by atoms with E-state index in [1.54, 1.807) is 19.5 Å². The van der Waals surface area contributed by atoms with E-state index in [-0.39, 0.29) is 11.9 Å². The zero-order valence-electron chi connectivity index (χ0n) is 18.8. The molecule has 1 fully saturated rings. The van der Waals surface area contributed by atoms with Crippen LogP contribution < -0.4 is 4.74 Å². The van der Waals surface area contributed by atoms with E-state index in [4.69, 9.17) is 9.72 Å². The first-order valence-electron chi connectivity index (χ1n) is 11.4. The van der Waals surface area contributed by atoms with E-state index in [0.29, 0.717) is 6.42 Å². The van der Waals surface area contributed by atoms with E-state index >= 15 is 0 Å². The molecule has 1 aliphatic heterocycles. The molecule has 0 radical (unpaired) electrons. The molecule has 3 heterocycles. The van der Waals surface area contributed by atoms with Crippen molar-refractivity contribution in [1.29, 1.82) is 0 Å². The number of amides is 1. The van der Waals surface area contributed by atoms with Gasteiger partial charge in [-0.2, -0.15) is 0 Å². The van der Waals surface area contributed by atoms with Crippen LogP contribution in [0.15, 0.2) is 55.0 Å². The van der Waals surface area contributed by atoms with E-state index in [1.807, 2.05) is 47.5 Å². The fourth-order valence-corrected chi connectivity index (χ4v) is 4.32. The Labute approximate surface area is 189 Å². The van der Waals surface area contributed by atoms with Crippen molar-refractivity contribution < 1.29 is 9.53 Å². The molecule has 6 heteroatoms. The summed E-state index contributed by atoms with van der Waals surface area (Å²) in [6.45, 7) is 2.88. The first kappa shape index (κ1) is 21.9. The number of ether oxygens (including phenoxy) is 1. The molecule has 1 aromatic carbocycles. The van der Waals surface area contributed by atoms with Crippen LogP contribution in [0.3, 0.4) is 0 Å². The minimum atomic E-state index is -0.0451. The average molecular weight is 431 g/mol. The number of nitrogens with zero attached hydrogens (tertiary/aromatic N) is 4. The summed E-state index contributed by atoms with van der Waals surface area (Å²) in [7, 11) is 1.65. The number of aromatic nitrogens is 3. The van der Waals surface area contributed by atoms with Crippen LogP contribution in [0, 0.1) is 0 Å². The highest BCUT2D eigenvalue weighted by Crippen LogP contribution is 2.36. The SMILES string of the molecule is CCCc1ncc(-c2ccncc2)c([C@@H]2CCCCN2C(=O)Cc2ccc(OC)cc2)n1. The highest BCUT2D eigenvalue weighted by molar-refractivity contribution is 5.80. The van der Waals surface area contributed by atoms with Crippen molar-refractivity contribution in [2.45, 2.75) is 51.5 Å². The summed E-state index contributed by atoms with van der Waals surface area (Å²) in [6, 6.07) is 11.6. The lowest BCUT2D eigenvalue weighted by molar-refractivity contribution is -0.134. The molecule has 1 atom stereocenters. The Bertz CT molecular complexity index is 1040. The largest absolute Gasteiger partial charge is 0.497 e. The first-order valence-corrected chi connectivity index (χ1v) is 11.4. The predicted octanol–water partition coefficient (Wildman–Crippen LogP) is 4.80. The molecule has 3 aromatic rings. The monoisotopic (exact) mass is 430 g/mol. The van der Waals surface area contributed by atoms with Crippen molar-refractivity contribution in [3.8, 4) is 16.9 Å². The van der Waals surface area contributed by atoms with Gasteiger partial charge in [-0.05, 0) is 61.1 Å². The maximum atomic E-state index is 13.4. The van der Waals surface area contributed by atoms with E-state index in [0.717, 1.165) is 72.6 Å². The van der Waals surface area contributed by atoms with Gasteiger partial charge in [-0.15, -0.1) is 0 Å². The van der Waals surface area contributed by atoms with Crippen LogP contribution in [0.1, 0.15) is 55.7 Å². The number of likely N-dealkylation sites (tertiary alicyclic amines) is 1. The molecule has 166 valence electrons. The molecule has 6 nitrogen and oxygen atoms in total. The fourth-order valence-electron chi connectivity index (χ4n) is 4.32. The molecule has 0 unspecified atom stereocenters. The van der Waals surface area contributed by atoms with Gasteiger partial charge in [0.25, 0.3) is 0 Å². The van der Waals surface area contributed by atoms with Crippen molar-refractivity contribution in [3.63, 3.8) is 0 Å². The Morgan fingerprint density at radius 2 is 1.91 bits per heavy atom. The Kier molecular flexibility index (Phi) is 7.10. The summed E-state index contributed by atoms with van der Waals surface area (Å²) in [5.74, 6) is 1.77. The number of carbonyl (C=O) groups is 1. The van der Waals surface area contributed by atoms with Gasteiger partial charge in [0.15, 0.2) is 0 Å². The summed E-state index contributed by atoms with van der Waals surface area (Å²) in [5.41, 5.74) is 3.97. The highest BCUT2D eigenvalue weighted by atomic mass is 16.5. The van der Waals surface area contributed by atoms with Crippen LogP contribution in [-0.4, -0.2) is 39.4 Å². The van der Waals surface area contributed by atoms with Crippen LogP contribution in [0.4, 0.5) is 0 Å². The maximum Gasteiger partial charge on any atom is 0.227 e. The number of pyridine rings is 1. The number of benzene rings is 1. The lowest BCUT2D eigenvalue weighted by atomic mass is 9.93. The number of carbonyl (C=O) groups excluding carboxylic acids is 1. The van der Waals surface area contributed by atoms with Crippen molar-refractivity contribution in [2.24, 2.45) is 0 Å². The Morgan fingerprint density at radius 1 is 1.12 bits per heavy atom. The highest BCUT2D eigenvalue weighted by Gasteiger charge is 2.31. The van der Waals surface area contributed by atoms with Crippen LogP contribution in [0.5, 0.6) is 5.75 Å². The van der Waals surface area contributed by atoms with E-state index in [1.165, 1.54) is 0 Å². The molecule has 1 saturated heterocycles. The average Bonchev–Trinajstić information content (AvgIpc) is 2.85. The molecule has 0 N–H and O–H groups in total. The number of hydrogen-bond acceptors (Lipinski definition) is 5. The number of hydrogen-bond donors (Lipinski definition) is 0. The summed E-state index contributed by atoms with van der Waals surface area (Å²) >= 11 is 0. The molecule has 0 saturated carbocycles. The van der Waals surface area contributed by atoms with Gasteiger partial charge in [-0.25, -0.2) is 9.97 Å². The molecule has 0 bridgehead atoms. The number of methoxy groups -OCH3 is 1. The van der Waals surface area contributed by atoms with Crippen LogP contribution in [0.2, 0.25) is 0 Å². The van der Waals surface area contributed by atoms with Gasteiger partial charge >= 0.3 is 0 Å². The van der Waals surface area contributed by atoms with Gasteiger partial charge in [0, 0.05) is 37.1 Å². The Balaban J connectivity index is 1.66. The summed E-state index contributed by atoms with van der Waals surface area (Å²) in [6.07, 6.45) is 10.7. The van der Waals surface area contributed by atoms with Crippen LogP contribution >= 0.6 is 0 Å². The van der Waals surface area contributed by atoms with Crippen molar-refractivity contribution in [1.82, 2.24) is 19.9 Å². The predicted molar refractivity (Wildman–Crippen MR) is 124 cm³/mol. The standard InChI is InChI=1S/C26H30N4O2/c1-3-6-24-28-18-22(20-12-14-27-15-13-20)26(29-24)23-7-4-5-16-30(23)25(31)17-19-8-10-21(32-2)11-9-19/h8-15,18,23H,3-7,16-17H2,1-2H3/t23-/m0/s1. The van der Waals surface area contributed by atoms with Gasteiger partial charge in [0.05, 0.1) is 25.3 Å². The van der Waals surface area contributed by atoms with Crippen molar-refractivity contribution >= 4 is 5.91 Å². The van der Waals surface area contributed by atoms with Gasteiger partial charge in [0.1, 0.15) is 11.6 Å². The first-order chi connectivity index (χ1) is 15.7. The van der Waals surface area contributed by atoms with E-state index in [9.17, 15) is 4.79 Å². The molecule has 1 aliphatic rings. The van der Waals surface area contributed by atoms with Gasteiger partial charge in [0.2, 0.25) is 5.91 Å². The molecule has 1 amide bonds. The third-order valence-electron chi connectivity index (χ3n) is 5.99. The topological polar surface area (TPSA) is 68.2 Å². The lowest BCUT2D eigenvalue weighted by Crippen LogP contribution is -2.40. The van der Waals surface area contributed by atoms with Gasteiger partial charge in [-0.1, -0.05) is 19.1 Å². The molecule has 2 aromatic heterocycles. The second-order valence-corrected chi connectivity index (χ2v) is 8.19. The molecular formula is C26H30N4O2. The normalized spacial score (nSPS) is 16.1. The summed E-state index contributed by atoms with van der Waals surface area (Å²) in [5, 5.41) is 0.